The quantitative estimate of drug-likeness (QED) is 0.858. The molecule has 1 aromatic carbocycles. The van der Waals surface area contributed by atoms with Gasteiger partial charge in [0.25, 0.3) is 0 Å². The minimum absolute atomic E-state index is 0.0123. The van der Waals surface area contributed by atoms with E-state index in [1.165, 1.54) is 0 Å². The third-order valence-electron chi connectivity index (χ3n) is 2.84. The highest BCUT2D eigenvalue weighted by Gasteiger charge is 2.27. The van der Waals surface area contributed by atoms with Crippen molar-refractivity contribution in [3.05, 3.63) is 35.9 Å². The van der Waals surface area contributed by atoms with Gasteiger partial charge in [-0.1, -0.05) is 30.3 Å². The third kappa shape index (κ3) is 2.90. The second-order valence-electron chi connectivity index (χ2n) is 4.08. The summed E-state index contributed by atoms with van der Waals surface area (Å²) in [5.41, 5.74) is 7.06. The predicted octanol–water partition coefficient (Wildman–Crippen LogP) is 1.05. The van der Waals surface area contributed by atoms with Crippen LogP contribution in [0.1, 0.15) is 12.0 Å². The van der Waals surface area contributed by atoms with Crippen LogP contribution in [0, 0.1) is 0 Å². The molecule has 0 spiro atoms. The third-order valence-corrected chi connectivity index (χ3v) is 4.62. The zero-order valence-corrected chi connectivity index (χ0v) is 9.99. The van der Waals surface area contributed by atoms with Crippen LogP contribution in [0.4, 0.5) is 0 Å². The largest absolute Gasteiger partial charge is 0.380 e. The molecule has 1 saturated heterocycles. The first kappa shape index (κ1) is 11.8. The van der Waals surface area contributed by atoms with Crippen LogP contribution < -0.4 is 5.73 Å². The molecule has 2 N–H and O–H groups in total. The van der Waals surface area contributed by atoms with E-state index in [1.54, 1.807) is 0 Å². The molecular formula is C12H17NO2S. The summed E-state index contributed by atoms with van der Waals surface area (Å²) in [6.07, 6.45) is 0.811. The maximum absolute atomic E-state index is 12.1. The van der Waals surface area contributed by atoms with Gasteiger partial charge in [-0.05, 0) is 12.0 Å². The number of hydrogen-bond donors (Lipinski definition) is 1. The summed E-state index contributed by atoms with van der Waals surface area (Å²) < 4.78 is 17.5. The van der Waals surface area contributed by atoms with Crippen LogP contribution in [-0.4, -0.2) is 28.7 Å². The standard InChI is InChI=1S/C12H17NO2S/c13-11-6-7-15-8-12(11)16(14)9-10-4-2-1-3-5-10/h1-5,11-12H,6-9,13H2. The zero-order valence-electron chi connectivity index (χ0n) is 9.17. The highest BCUT2D eigenvalue weighted by Crippen LogP contribution is 2.15. The minimum Gasteiger partial charge on any atom is -0.380 e. The van der Waals surface area contributed by atoms with Gasteiger partial charge in [0, 0.05) is 29.2 Å². The normalized spacial score (nSPS) is 27.6. The van der Waals surface area contributed by atoms with E-state index < -0.39 is 10.8 Å². The van der Waals surface area contributed by atoms with E-state index in [9.17, 15) is 4.21 Å². The van der Waals surface area contributed by atoms with Gasteiger partial charge in [-0.25, -0.2) is 0 Å². The number of benzene rings is 1. The van der Waals surface area contributed by atoms with Gasteiger partial charge in [-0.2, -0.15) is 0 Å². The van der Waals surface area contributed by atoms with Crippen LogP contribution in [0.5, 0.6) is 0 Å². The first-order chi connectivity index (χ1) is 7.77. The van der Waals surface area contributed by atoms with Crippen LogP contribution in [-0.2, 0) is 21.3 Å². The lowest BCUT2D eigenvalue weighted by Crippen LogP contribution is -2.45. The Hall–Kier alpha value is -0.710. The molecular weight excluding hydrogens is 222 g/mol. The molecule has 1 aliphatic heterocycles. The summed E-state index contributed by atoms with van der Waals surface area (Å²) in [4.78, 5) is 0. The van der Waals surface area contributed by atoms with Crippen molar-refractivity contribution in [2.45, 2.75) is 23.5 Å². The second-order valence-corrected chi connectivity index (χ2v) is 5.73. The second kappa shape index (κ2) is 5.57. The molecule has 16 heavy (non-hydrogen) atoms. The molecule has 4 heteroatoms. The van der Waals surface area contributed by atoms with Crippen LogP contribution in [0.3, 0.4) is 0 Å². The summed E-state index contributed by atoms with van der Waals surface area (Å²) in [7, 11) is -0.938. The van der Waals surface area contributed by atoms with Gasteiger partial charge in [0.1, 0.15) is 0 Å². The maximum Gasteiger partial charge on any atom is 0.0736 e. The molecule has 1 heterocycles. The fourth-order valence-corrected chi connectivity index (χ4v) is 3.35. The summed E-state index contributed by atoms with van der Waals surface area (Å²) in [6.45, 7) is 1.22. The molecule has 0 aromatic heterocycles. The van der Waals surface area contributed by atoms with Crippen LogP contribution in [0.25, 0.3) is 0 Å². The van der Waals surface area contributed by atoms with E-state index in [4.69, 9.17) is 10.5 Å². The Labute approximate surface area is 98.4 Å². The van der Waals surface area contributed by atoms with Crippen molar-refractivity contribution in [2.75, 3.05) is 13.2 Å². The number of hydrogen-bond acceptors (Lipinski definition) is 3. The average molecular weight is 239 g/mol. The van der Waals surface area contributed by atoms with E-state index in [-0.39, 0.29) is 11.3 Å². The van der Waals surface area contributed by atoms with Gasteiger partial charge in [0.2, 0.25) is 0 Å². The minimum atomic E-state index is -0.938. The molecule has 88 valence electrons. The summed E-state index contributed by atoms with van der Waals surface area (Å²) in [5.74, 6) is 0.572. The molecule has 3 atom stereocenters. The van der Waals surface area contributed by atoms with Crippen LogP contribution in [0.15, 0.2) is 30.3 Å². The fraction of sp³-hybridized carbons (Fsp3) is 0.500. The Balaban J connectivity index is 1.97. The Morgan fingerprint density at radius 3 is 2.81 bits per heavy atom. The zero-order chi connectivity index (χ0) is 11.4. The first-order valence-corrected chi connectivity index (χ1v) is 6.90. The number of nitrogens with two attached hydrogens (primary N) is 1. The van der Waals surface area contributed by atoms with Crippen molar-refractivity contribution in [3.8, 4) is 0 Å². The van der Waals surface area contributed by atoms with E-state index in [2.05, 4.69) is 0 Å². The van der Waals surface area contributed by atoms with Crippen molar-refractivity contribution < 1.29 is 8.95 Å². The van der Waals surface area contributed by atoms with Crippen molar-refractivity contribution in [3.63, 3.8) is 0 Å². The van der Waals surface area contributed by atoms with Crippen molar-refractivity contribution in [1.82, 2.24) is 0 Å². The summed E-state index contributed by atoms with van der Waals surface area (Å²) >= 11 is 0. The molecule has 0 bridgehead atoms. The van der Waals surface area contributed by atoms with Gasteiger partial charge in [0.15, 0.2) is 0 Å². The molecule has 1 aliphatic rings. The topological polar surface area (TPSA) is 52.3 Å². The average Bonchev–Trinajstić information content (AvgIpc) is 2.31. The molecule has 0 radical (unpaired) electrons. The summed E-state index contributed by atoms with van der Waals surface area (Å²) in [5, 5.41) is -0.0195. The first-order valence-electron chi connectivity index (χ1n) is 5.52. The van der Waals surface area contributed by atoms with Gasteiger partial charge in [-0.15, -0.1) is 0 Å². The van der Waals surface area contributed by atoms with Crippen molar-refractivity contribution in [1.29, 1.82) is 0 Å². The Kier molecular flexibility index (Phi) is 4.09. The van der Waals surface area contributed by atoms with Crippen LogP contribution in [0.2, 0.25) is 0 Å². The van der Waals surface area contributed by atoms with E-state index in [1.807, 2.05) is 30.3 Å². The predicted molar refractivity (Wildman–Crippen MR) is 65.5 cm³/mol. The highest BCUT2D eigenvalue weighted by atomic mass is 32.2. The van der Waals surface area contributed by atoms with E-state index in [0.29, 0.717) is 19.0 Å². The molecule has 0 amide bonds. The summed E-state index contributed by atoms with van der Waals surface area (Å²) in [6, 6.07) is 9.88. The Morgan fingerprint density at radius 1 is 1.38 bits per heavy atom. The molecule has 1 aromatic rings. The molecule has 1 fully saturated rings. The molecule has 3 nitrogen and oxygen atoms in total. The molecule has 0 saturated carbocycles. The lowest BCUT2D eigenvalue weighted by atomic mass is 10.1. The maximum atomic E-state index is 12.1. The number of rotatable bonds is 3. The fourth-order valence-electron chi connectivity index (χ4n) is 1.84. The van der Waals surface area contributed by atoms with Crippen molar-refractivity contribution in [2.24, 2.45) is 5.73 Å². The lowest BCUT2D eigenvalue weighted by Gasteiger charge is -2.27. The Morgan fingerprint density at radius 2 is 2.12 bits per heavy atom. The molecule has 0 aliphatic carbocycles. The highest BCUT2D eigenvalue weighted by molar-refractivity contribution is 7.84. The lowest BCUT2D eigenvalue weighted by molar-refractivity contribution is 0.0903. The van der Waals surface area contributed by atoms with Gasteiger partial charge in [0.05, 0.1) is 11.9 Å². The van der Waals surface area contributed by atoms with E-state index >= 15 is 0 Å². The van der Waals surface area contributed by atoms with Gasteiger partial charge >= 0.3 is 0 Å². The van der Waals surface area contributed by atoms with E-state index in [0.717, 1.165) is 12.0 Å². The molecule has 2 rings (SSSR count). The van der Waals surface area contributed by atoms with Gasteiger partial charge < -0.3 is 10.5 Å². The molecule has 3 unspecified atom stereocenters. The SMILES string of the molecule is NC1CCOCC1S(=O)Cc1ccccc1. The smallest absolute Gasteiger partial charge is 0.0736 e. The number of ether oxygens (including phenoxy) is 1. The van der Waals surface area contributed by atoms with Crippen LogP contribution >= 0.6 is 0 Å². The van der Waals surface area contributed by atoms with Crippen molar-refractivity contribution >= 4 is 10.8 Å². The monoisotopic (exact) mass is 239 g/mol. The van der Waals surface area contributed by atoms with Gasteiger partial charge in [-0.3, -0.25) is 4.21 Å². The Bertz CT molecular complexity index is 355.